The molecule has 1 amide bonds. The lowest BCUT2D eigenvalue weighted by molar-refractivity contribution is -0.139. The summed E-state index contributed by atoms with van der Waals surface area (Å²) in [4.78, 5) is 41.6. The molecule has 12 heteroatoms. The summed E-state index contributed by atoms with van der Waals surface area (Å²) in [5.41, 5.74) is 9.82. The number of carboxylic acid groups (broad SMARTS) is 1. The average molecular weight is 493 g/mol. The number of aromatic hydroxyl groups is 1. The first-order chi connectivity index (χ1) is 15.7. The highest BCUT2D eigenvalue weighted by molar-refractivity contribution is 6.02. The van der Waals surface area contributed by atoms with E-state index in [0.717, 1.165) is 18.2 Å². The van der Waals surface area contributed by atoms with E-state index in [0.29, 0.717) is 0 Å². The summed E-state index contributed by atoms with van der Waals surface area (Å²) >= 11 is 0. The summed E-state index contributed by atoms with van der Waals surface area (Å²) in [7, 11) is 0. The predicted octanol–water partition coefficient (Wildman–Crippen LogP) is 1.96. The zero-order chi connectivity index (χ0) is 24.1. The minimum absolute atomic E-state index is 0. The number of hydrogen-bond acceptors (Lipinski definition) is 6. The van der Waals surface area contributed by atoms with E-state index < -0.39 is 34.9 Å². The number of guanidine groups is 1. The molecule has 0 aliphatic carbocycles. The van der Waals surface area contributed by atoms with Gasteiger partial charge in [0.15, 0.2) is 5.96 Å². The molecule has 180 valence electrons. The molecule has 10 nitrogen and oxygen atoms in total. The van der Waals surface area contributed by atoms with Crippen LogP contribution in [-0.4, -0.2) is 40.6 Å². The molecule has 0 radical (unpaired) electrons. The second-order valence-electron chi connectivity index (χ2n) is 7.14. The van der Waals surface area contributed by atoms with Crippen molar-refractivity contribution in [2.24, 2.45) is 16.5 Å². The van der Waals surface area contributed by atoms with Crippen molar-refractivity contribution in [2.45, 2.75) is 18.9 Å². The highest BCUT2D eigenvalue weighted by Crippen LogP contribution is 2.27. The number of fused-ring (bicyclic) bond motifs is 1. The largest absolute Gasteiger partial charge is 0.508 e. The van der Waals surface area contributed by atoms with Gasteiger partial charge in [-0.25, -0.2) is 9.18 Å². The third kappa shape index (κ3) is 6.01. The van der Waals surface area contributed by atoms with Crippen molar-refractivity contribution in [3.63, 3.8) is 0 Å². The molecule has 34 heavy (non-hydrogen) atoms. The van der Waals surface area contributed by atoms with E-state index in [4.69, 9.17) is 15.9 Å². The highest BCUT2D eigenvalue weighted by atomic mass is 35.5. The molecule has 2 aromatic carbocycles. The molecule has 0 bridgehead atoms. The second kappa shape index (κ2) is 11.1. The Hall–Kier alpha value is -4.12. The van der Waals surface area contributed by atoms with Gasteiger partial charge in [0.05, 0.1) is 10.9 Å². The Morgan fingerprint density at radius 1 is 1.15 bits per heavy atom. The van der Waals surface area contributed by atoms with E-state index >= 15 is 0 Å². The number of nitrogens with zero attached hydrogens (tertiary/aromatic N) is 1. The molecule has 1 aromatic heterocycles. The van der Waals surface area contributed by atoms with Crippen LogP contribution in [0.3, 0.4) is 0 Å². The number of hydrogen-bond donors (Lipinski definition) is 5. The fraction of sp³-hybridized carbons (Fsp3) is 0.182. The number of benzene rings is 2. The van der Waals surface area contributed by atoms with Crippen LogP contribution in [0.15, 0.2) is 56.7 Å². The molecular formula is C22H22ClFN4O6. The van der Waals surface area contributed by atoms with Gasteiger partial charge in [-0.1, -0.05) is 12.1 Å². The number of amides is 1. The van der Waals surface area contributed by atoms with E-state index in [1.807, 2.05) is 0 Å². The number of nitrogens with one attached hydrogen (secondary N) is 1. The molecule has 1 unspecified atom stereocenters. The van der Waals surface area contributed by atoms with E-state index in [-0.39, 0.29) is 65.6 Å². The molecule has 0 saturated carbocycles. The Morgan fingerprint density at radius 2 is 1.82 bits per heavy atom. The van der Waals surface area contributed by atoms with Gasteiger partial charge in [0, 0.05) is 12.6 Å². The smallest absolute Gasteiger partial charge is 0.326 e. The number of carbonyl (C=O) groups is 2. The van der Waals surface area contributed by atoms with Crippen LogP contribution < -0.4 is 22.2 Å². The number of phenolic OH excluding ortho intramolecular Hbond substituents is 1. The van der Waals surface area contributed by atoms with Gasteiger partial charge in [-0.05, 0) is 42.7 Å². The van der Waals surface area contributed by atoms with Gasteiger partial charge < -0.3 is 31.4 Å². The number of halogens is 2. The topological polar surface area (TPSA) is 181 Å². The third-order valence-electron chi connectivity index (χ3n) is 4.76. The Balaban J connectivity index is 0.00000408. The maximum atomic E-state index is 13.4. The molecule has 0 aliphatic rings. The van der Waals surface area contributed by atoms with Gasteiger partial charge in [0.2, 0.25) is 11.2 Å². The zero-order valence-electron chi connectivity index (χ0n) is 17.7. The molecule has 1 heterocycles. The average Bonchev–Trinajstić information content (AvgIpc) is 2.75. The highest BCUT2D eigenvalue weighted by Gasteiger charge is 2.26. The Bertz CT molecular complexity index is 1290. The van der Waals surface area contributed by atoms with E-state index in [1.54, 1.807) is 0 Å². The first-order valence-corrected chi connectivity index (χ1v) is 9.82. The number of nitrogens with two attached hydrogens (primary N) is 2. The third-order valence-corrected chi connectivity index (χ3v) is 4.76. The number of aliphatic imine (C=N–C) groups is 1. The van der Waals surface area contributed by atoms with Crippen LogP contribution in [0.2, 0.25) is 0 Å². The second-order valence-corrected chi connectivity index (χ2v) is 7.14. The molecule has 7 N–H and O–H groups in total. The lowest BCUT2D eigenvalue weighted by Gasteiger charge is -2.15. The fourth-order valence-corrected chi connectivity index (χ4v) is 3.21. The number of carboxylic acids is 1. The maximum Gasteiger partial charge on any atom is 0.326 e. The van der Waals surface area contributed by atoms with Crippen molar-refractivity contribution in [2.75, 3.05) is 6.54 Å². The van der Waals surface area contributed by atoms with Crippen LogP contribution in [0.5, 0.6) is 5.75 Å². The van der Waals surface area contributed by atoms with Crippen molar-refractivity contribution in [1.29, 1.82) is 0 Å². The van der Waals surface area contributed by atoms with Gasteiger partial charge in [-0.3, -0.25) is 14.6 Å². The van der Waals surface area contributed by atoms with Crippen LogP contribution >= 0.6 is 12.4 Å². The summed E-state index contributed by atoms with van der Waals surface area (Å²) in [6.07, 6.45) is 0.262. The lowest BCUT2D eigenvalue weighted by atomic mass is 10.0. The van der Waals surface area contributed by atoms with Gasteiger partial charge in [-0.2, -0.15) is 0 Å². The zero-order valence-corrected chi connectivity index (χ0v) is 18.5. The number of carbonyl (C=O) groups excluding carboxylic acids is 1. The molecule has 0 saturated heterocycles. The van der Waals surface area contributed by atoms with Crippen molar-refractivity contribution in [1.82, 2.24) is 5.32 Å². The van der Waals surface area contributed by atoms with Crippen LogP contribution in [0.25, 0.3) is 22.1 Å². The van der Waals surface area contributed by atoms with Crippen LogP contribution in [-0.2, 0) is 4.79 Å². The summed E-state index contributed by atoms with van der Waals surface area (Å²) in [5, 5.41) is 21.6. The summed E-state index contributed by atoms with van der Waals surface area (Å²) in [6.45, 7) is 0.160. The van der Waals surface area contributed by atoms with Crippen molar-refractivity contribution < 1.29 is 28.6 Å². The molecule has 0 fully saturated rings. The molecule has 1 atom stereocenters. The van der Waals surface area contributed by atoms with Crippen molar-refractivity contribution >= 4 is 41.2 Å². The maximum absolute atomic E-state index is 13.4. The molecule has 3 rings (SSSR count). The molecule has 3 aromatic rings. The van der Waals surface area contributed by atoms with E-state index in [2.05, 4.69) is 10.3 Å². The quantitative estimate of drug-likeness (QED) is 0.179. The number of rotatable bonds is 8. The first kappa shape index (κ1) is 26.1. The Kier molecular flexibility index (Phi) is 8.57. The summed E-state index contributed by atoms with van der Waals surface area (Å²) in [5.74, 6) is -3.64. The van der Waals surface area contributed by atoms with Crippen LogP contribution in [0.1, 0.15) is 23.4 Å². The van der Waals surface area contributed by atoms with Gasteiger partial charge in [0.1, 0.15) is 23.2 Å². The first-order valence-electron chi connectivity index (χ1n) is 9.82. The minimum atomic E-state index is -1.32. The predicted molar refractivity (Wildman–Crippen MR) is 126 cm³/mol. The summed E-state index contributed by atoms with van der Waals surface area (Å²) in [6, 6.07) is 7.27. The molecular weight excluding hydrogens is 471 g/mol. The molecule has 0 spiro atoms. The SMILES string of the molecule is Cl.NC(N)=NCCCC(NC(=O)c1oc2cc(O)ccc2c(=O)c1-c1ccc(F)cc1)C(=O)O. The summed E-state index contributed by atoms with van der Waals surface area (Å²) < 4.78 is 19.0. The van der Waals surface area contributed by atoms with E-state index in [1.165, 1.54) is 24.3 Å². The lowest BCUT2D eigenvalue weighted by Crippen LogP contribution is -2.41. The minimum Gasteiger partial charge on any atom is -0.508 e. The normalized spacial score (nSPS) is 11.3. The standard InChI is InChI=1S/C22H21FN4O6.ClH/c23-12-5-3-11(4-6-12)17-18(29)14-8-7-13(28)10-16(14)33-19(17)20(30)27-15(21(31)32)2-1-9-26-22(24)25;/h3-8,10,15,28H,1-2,9H2,(H,27,30)(H,31,32)(H4,24,25,26);1H. The van der Waals surface area contributed by atoms with Crippen LogP contribution in [0.4, 0.5) is 4.39 Å². The monoisotopic (exact) mass is 492 g/mol. The Morgan fingerprint density at radius 3 is 2.44 bits per heavy atom. The van der Waals surface area contributed by atoms with E-state index in [9.17, 15) is 29.0 Å². The van der Waals surface area contributed by atoms with Gasteiger partial charge >= 0.3 is 5.97 Å². The van der Waals surface area contributed by atoms with Crippen molar-refractivity contribution in [3.8, 4) is 16.9 Å². The molecule has 0 aliphatic heterocycles. The van der Waals surface area contributed by atoms with Crippen molar-refractivity contribution in [3.05, 3.63) is 64.3 Å². The Labute approximate surface area is 198 Å². The fourth-order valence-electron chi connectivity index (χ4n) is 3.21. The number of phenols is 1. The van der Waals surface area contributed by atoms with Crippen LogP contribution in [0, 0.1) is 5.82 Å². The van der Waals surface area contributed by atoms with Gasteiger partial charge in [-0.15, -0.1) is 12.4 Å². The van der Waals surface area contributed by atoms with Gasteiger partial charge in [0.25, 0.3) is 5.91 Å². The number of aliphatic carboxylic acids is 1.